The summed E-state index contributed by atoms with van der Waals surface area (Å²) in [4.78, 5) is 0. The Morgan fingerprint density at radius 1 is 0.867 bits per heavy atom. The molecule has 0 bridgehead atoms. The summed E-state index contributed by atoms with van der Waals surface area (Å²) >= 11 is 0. The van der Waals surface area contributed by atoms with Crippen LogP contribution in [-0.4, -0.2) is 28.4 Å². The van der Waals surface area contributed by atoms with Crippen LogP contribution in [-0.2, 0) is 13.6 Å². The molecule has 0 aliphatic heterocycles. The van der Waals surface area contributed by atoms with Gasteiger partial charge in [-0.3, -0.25) is 0 Å². The minimum atomic E-state index is -2.78. The molecule has 0 N–H and O–H groups in total. The number of ether oxygens (including phenoxy) is 1. The molecule has 1 aromatic carbocycles. The van der Waals surface area contributed by atoms with Gasteiger partial charge in [0.2, 0.25) is 0 Å². The van der Waals surface area contributed by atoms with Crippen LogP contribution in [0.4, 0.5) is 0 Å². The maximum atomic E-state index is 5.38. The van der Waals surface area contributed by atoms with Crippen molar-refractivity contribution in [3.8, 4) is 5.75 Å². The van der Waals surface area contributed by atoms with Crippen molar-refractivity contribution in [2.24, 2.45) is 0 Å². The third kappa shape index (κ3) is 2.29. The van der Waals surface area contributed by atoms with Crippen LogP contribution in [0, 0.1) is 0 Å². The summed E-state index contributed by atoms with van der Waals surface area (Å²) in [7, 11) is 3.55. The quantitative estimate of drug-likeness (QED) is 0.725. The summed E-state index contributed by atoms with van der Waals surface area (Å²) in [6.07, 6.45) is 0. The molecule has 0 fully saturated rings. The van der Waals surface area contributed by atoms with Gasteiger partial charge in [0.25, 0.3) is 0 Å². The first-order valence-electron chi connectivity index (χ1n) is 4.53. The van der Waals surface area contributed by atoms with E-state index in [-0.39, 0.29) is 0 Å². The van der Waals surface area contributed by atoms with E-state index in [0.717, 1.165) is 11.1 Å². The maximum absolute atomic E-state index is 5.38. The standard InChI is InChI=1S/C10H17O4P/c1-11-9-7-5-6-8-10(9)15(12-2,13-3)14-4/h5-8,15H,1-4H3. The van der Waals surface area contributed by atoms with Crippen LogP contribution in [0.15, 0.2) is 24.3 Å². The third-order valence-corrected chi connectivity index (χ3v) is 4.93. The Labute approximate surface area is 90.7 Å². The molecule has 0 radical (unpaired) electrons. The van der Waals surface area contributed by atoms with Gasteiger partial charge < -0.3 is 0 Å². The minimum absolute atomic E-state index is 0.717. The van der Waals surface area contributed by atoms with Crippen LogP contribution in [0.2, 0.25) is 0 Å². The van der Waals surface area contributed by atoms with Crippen molar-refractivity contribution in [3.05, 3.63) is 24.3 Å². The molecular formula is C10H17O4P. The molecule has 0 saturated heterocycles. The molecule has 0 amide bonds. The number of hydrogen-bond donors (Lipinski definition) is 0. The zero-order chi connectivity index (χ0) is 11.3. The number of rotatable bonds is 5. The van der Waals surface area contributed by atoms with Gasteiger partial charge in [0.05, 0.1) is 0 Å². The van der Waals surface area contributed by atoms with Gasteiger partial charge in [-0.05, 0) is 0 Å². The molecule has 4 nitrogen and oxygen atoms in total. The van der Waals surface area contributed by atoms with Crippen molar-refractivity contribution in [3.63, 3.8) is 0 Å². The van der Waals surface area contributed by atoms with E-state index < -0.39 is 7.94 Å². The summed E-state index contributed by atoms with van der Waals surface area (Å²) in [5.74, 6) is 0.717. The summed E-state index contributed by atoms with van der Waals surface area (Å²) in [6.45, 7) is 0. The molecular weight excluding hydrogens is 215 g/mol. The average Bonchev–Trinajstić information content (AvgIpc) is 2.33. The molecule has 0 saturated carbocycles. The van der Waals surface area contributed by atoms with Gasteiger partial charge in [0, 0.05) is 0 Å². The van der Waals surface area contributed by atoms with Gasteiger partial charge in [-0.1, -0.05) is 0 Å². The second-order valence-electron chi connectivity index (χ2n) is 2.87. The molecule has 0 spiro atoms. The average molecular weight is 232 g/mol. The second kappa shape index (κ2) is 5.42. The topological polar surface area (TPSA) is 36.9 Å². The van der Waals surface area contributed by atoms with Crippen molar-refractivity contribution in [2.45, 2.75) is 0 Å². The van der Waals surface area contributed by atoms with Crippen LogP contribution >= 0.6 is 7.94 Å². The Bertz CT molecular complexity index is 304. The molecule has 1 aromatic rings. The first-order valence-corrected chi connectivity index (χ1v) is 6.25. The zero-order valence-corrected chi connectivity index (χ0v) is 10.4. The Morgan fingerprint density at radius 2 is 1.40 bits per heavy atom. The zero-order valence-electron chi connectivity index (χ0n) is 9.44. The Morgan fingerprint density at radius 3 is 1.87 bits per heavy atom. The van der Waals surface area contributed by atoms with Crippen molar-refractivity contribution in [2.75, 3.05) is 28.4 Å². The van der Waals surface area contributed by atoms with Crippen LogP contribution in [0.1, 0.15) is 0 Å². The van der Waals surface area contributed by atoms with Crippen LogP contribution in [0.3, 0.4) is 0 Å². The molecule has 0 atom stereocenters. The van der Waals surface area contributed by atoms with Gasteiger partial charge in [-0.2, -0.15) is 0 Å². The van der Waals surface area contributed by atoms with Gasteiger partial charge >= 0.3 is 90.0 Å². The predicted molar refractivity (Wildman–Crippen MR) is 62.0 cm³/mol. The number of hydrogen-bond acceptors (Lipinski definition) is 4. The van der Waals surface area contributed by atoms with Crippen molar-refractivity contribution in [1.82, 2.24) is 0 Å². The Hall–Kier alpha value is -0.670. The first kappa shape index (κ1) is 12.4. The van der Waals surface area contributed by atoms with E-state index in [2.05, 4.69) is 0 Å². The second-order valence-corrected chi connectivity index (χ2v) is 5.74. The molecule has 0 heterocycles. The number of benzene rings is 1. The van der Waals surface area contributed by atoms with Gasteiger partial charge in [-0.25, -0.2) is 0 Å². The fourth-order valence-electron chi connectivity index (χ4n) is 1.48. The number of para-hydroxylation sites is 1. The summed E-state index contributed by atoms with van der Waals surface area (Å²) in [6, 6.07) is 7.54. The van der Waals surface area contributed by atoms with E-state index in [0.29, 0.717) is 0 Å². The molecule has 1 rings (SSSR count). The van der Waals surface area contributed by atoms with Crippen LogP contribution in [0.5, 0.6) is 5.75 Å². The SMILES string of the molecule is COc1ccccc1[PH](OC)(OC)OC. The first-order chi connectivity index (χ1) is 7.24. The fourth-order valence-corrected chi connectivity index (χ4v) is 3.42. The predicted octanol–water partition coefficient (Wildman–Crippen LogP) is 1.75. The van der Waals surface area contributed by atoms with Gasteiger partial charge in [0.15, 0.2) is 0 Å². The van der Waals surface area contributed by atoms with Gasteiger partial charge in [-0.15, -0.1) is 0 Å². The van der Waals surface area contributed by atoms with E-state index in [9.17, 15) is 0 Å². The Balaban J connectivity index is 3.21. The van der Waals surface area contributed by atoms with E-state index >= 15 is 0 Å². The van der Waals surface area contributed by atoms with E-state index in [1.165, 1.54) is 0 Å². The van der Waals surface area contributed by atoms with E-state index in [1.54, 1.807) is 28.4 Å². The van der Waals surface area contributed by atoms with E-state index in [4.69, 9.17) is 18.3 Å². The normalized spacial score (nSPS) is 12.5. The summed E-state index contributed by atoms with van der Waals surface area (Å²) < 4.78 is 21.4. The molecule has 0 unspecified atom stereocenters. The van der Waals surface area contributed by atoms with Crippen LogP contribution in [0.25, 0.3) is 0 Å². The van der Waals surface area contributed by atoms with E-state index in [1.807, 2.05) is 24.3 Å². The molecule has 15 heavy (non-hydrogen) atoms. The third-order valence-electron chi connectivity index (χ3n) is 2.24. The molecule has 0 aliphatic carbocycles. The summed E-state index contributed by atoms with van der Waals surface area (Å²) in [5.41, 5.74) is 0. The van der Waals surface area contributed by atoms with Crippen LogP contribution < -0.4 is 10.0 Å². The number of methoxy groups -OCH3 is 1. The van der Waals surface area contributed by atoms with Crippen molar-refractivity contribution < 1.29 is 18.3 Å². The summed E-state index contributed by atoms with van der Waals surface area (Å²) in [5, 5.41) is 0.833. The Kier molecular flexibility index (Phi) is 4.48. The molecule has 86 valence electrons. The van der Waals surface area contributed by atoms with Crippen molar-refractivity contribution in [1.29, 1.82) is 0 Å². The molecule has 0 aliphatic rings. The van der Waals surface area contributed by atoms with Crippen molar-refractivity contribution >= 4 is 13.2 Å². The fraction of sp³-hybridized carbons (Fsp3) is 0.400. The monoisotopic (exact) mass is 232 g/mol. The molecule has 5 heteroatoms. The van der Waals surface area contributed by atoms with Gasteiger partial charge in [0.1, 0.15) is 0 Å². The molecule has 0 aromatic heterocycles.